The first-order chi connectivity index (χ1) is 16.4. The number of benzene rings is 3. The van der Waals surface area contributed by atoms with Gasteiger partial charge in [-0.25, -0.2) is 0 Å². The minimum absolute atomic E-state index is 0.0152. The number of likely N-dealkylation sites (N-methyl/N-ethyl adjacent to an activating group) is 1. The summed E-state index contributed by atoms with van der Waals surface area (Å²) in [6.45, 7) is 1.44. The molecule has 3 aromatic carbocycles. The van der Waals surface area contributed by atoms with Crippen molar-refractivity contribution in [2.24, 2.45) is 0 Å². The first kappa shape index (κ1) is 22.6. The molecular weight excluding hydrogens is 422 g/mol. The molecule has 1 saturated heterocycles. The molecule has 2 aliphatic rings. The van der Waals surface area contributed by atoms with Crippen molar-refractivity contribution in [2.75, 3.05) is 27.2 Å². The molecule has 176 valence electrons. The van der Waals surface area contributed by atoms with E-state index >= 15 is 0 Å². The van der Waals surface area contributed by atoms with E-state index in [1.54, 1.807) is 4.90 Å². The maximum absolute atomic E-state index is 13.3. The lowest BCUT2D eigenvalue weighted by atomic mass is 9.73. The fourth-order valence-electron chi connectivity index (χ4n) is 6.05. The number of carbonyl (C=O) groups is 2. The van der Waals surface area contributed by atoms with E-state index in [0.29, 0.717) is 6.42 Å². The first-order valence-electron chi connectivity index (χ1n) is 12.3. The molecule has 1 aliphatic heterocycles. The lowest BCUT2D eigenvalue weighted by Crippen LogP contribution is -2.69. The van der Waals surface area contributed by atoms with Crippen molar-refractivity contribution in [3.63, 3.8) is 0 Å². The van der Waals surface area contributed by atoms with Crippen LogP contribution in [0.2, 0.25) is 0 Å². The molecule has 34 heavy (non-hydrogen) atoms. The van der Waals surface area contributed by atoms with Crippen molar-refractivity contribution in [2.45, 2.75) is 43.1 Å². The minimum atomic E-state index is -0.297. The number of fused-ring (bicyclic) bond motifs is 3. The van der Waals surface area contributed by atoms with E-state index in [0.717, 1.165) is 37.9 Å². The van der Waals surface area contributed by atoms with E-state index in [-0.39, 0.29) is 29.2 Å². The average Bonchev–Trinajstić information content (AvgIpc) is 3.17. The zero-order valence-corrected chi connectivity index (χ0v) is 20.2. The molecule has 0 radical (unpaired) electrons. The third-order valence-electron chi connectivity index (χ3n) is 7.92. The zero-order chi connectivity index (χ0) is 23.9. The molecule has 1 spiro atoms. The molecule has 0 bridgehead atoms. The second-order valence-corrected chi connectivity index (χ2v) is 10.3. The maximum atomic E-state index is 13.3. The van der Waals surface area contributed by atoms with Crippen LogP contribution in [0.1, 0.15) is 41.9 Å². The van der Waals surface area contributed by atoms with Crippen LogP contribution in [-0.4, -0.2) is 54.8 Å². The molecule has 1 fully saturated rings. The molecule has 3 N–H and O–H groups in total. The van der Waals surface area contributed by atoms with Gasteiger partial charge in [0.25, 0.3) is 5.91 Å². The molecule has 3 aromatic rings. The Bertz CT molecular complexity index is 1230. The van der Waals surface area contributed by atoms with Crippen LogP contribution in [0.3, 0.4) is 0 Å². The topological polar surface area (TPSA) is 68.3 Å². The van der Waals surface area contributed by atoms with Gasteiger partial charge in [-0.05, 0) is 46.7 Å². The highest BCUT2D eigenvalue weighted by Crippen LogP contribution is 2.52. The molecule has 5 nitrogen and oxygen atoms in total. The van der Waals surface area contributed by atoms with Crippen LogP contribution in [0.25, 0.3) is 10.8 Å². The maximum Gasteiger partial charge on any atom is 0.281 e. The zero-order valence-electron chi connectivity index (χ0n) is 20.2. The summed E-state index contributed by atoms with van der Waals surface area (Å²) in [5.74, 6) is 0.230. The molecule has 0 saturated carbocycles. The summed E-state index contributed by atoms with van der Waals surface area (Å²) in [5.41, 5.74) is 7.84. The molecule has 2 unspecified atom stereocenters. The standard InChI is InChI=1S/C29H33N3O2/c1-31(2)27(33)24-19-29(25-10-6-5-9-23(24)25)13-15-32(16-14-29)28(34)26(30)18-20-11-12-21-7-3-4-8-22(21)17-20/h3-12,17,24,26H,13-16,18-19,30H2,1-2H3/p+1. The summed E-state index contributed by atoms with van der Waals surface area (Å²) in [7, 11) is 3.67. The van der Waals surface area contributed by atoms with Gasteiger partial charge in [0.1, 0.15) is 0 Å². The van der Waals surface area contributed by atoms with Gasteiger partial charge in [0.05, 0.1) is 5.92 Å². The third-order valence-corrected chi connectivity index (χ3v) is 7.92. The molecule has 1 aliphatic carbocycles. The lowest BCUT2D eigenvalue weighted by molar-refractivity contribution is -0.405. The smallest absolute Gasteiger partial charge is 0.281 e. The Morgan fingerprint density at radius 2 is 1.68 bits per heavy atom. The fraction of sp³-hybridized carbons (Fsp3) is 0.379. The van der Waals surface area contributed by atoms with Gasteiger partial charge < -0.3 is 15.5 Å². The number of carbonyl (C=O) groups excluding carboxylic acids is 2. The molecular formula is C29H34N3O2+. The van der Waals surface area contributed by atoms with E-state index in [1.165, 1.54) is 21.9 Å². The summed E-state index contributed by atoms with van der Waals surface area (Å²) >= 11 is 0. The first-order valence-corrected chi connectivity index (χ1v) is 12.3. The number of hydrogen-bond donors (Lipinski definition) is 1. The van der Waals surface area contributed by atoms with E-state index in [2.05, 4.69) is 54.3 Å². The normalized spacial score (nSPS) is 19.7. The van der Waals surface area contributed by atoms with Crippen LogP contribution in [-0.2, 0) is 21.4 Å². The number of likely N-dealkylation sites (tertiary alicyclic amines) is 1. The second kappa shape index (κ2) is 8.88. The minimum Gasteiger partial charge on any atom is -0.348 e. The number of piperidine rings is 1. The average molecular weight is 457 g/mol. The van der Waals surface area contributed by atoms with Crippen molar-refractivity contribution in [1.29, 1.82) is 0 Å². The van der Waals surface area contributed by atoms with Crippen LogP contribution in [0.15, 0.2) is 66.7 Å². The Balaban J connectivity index is 1.27. The number of nitrogens with zero attached hydrogens (tertiary/aromatic N) is 2. The van der Waals surface area contributed by atoms with Crippen molar-refractivity contribution in [3.8, 4) is 0 Å². The summed E-state index contributed by atoms with van der Waals surface area (Å²) in [6.07, 6.45) is 3.29. The van der Waals surface area contributed by atoms with Crippen molar-refractivity contribution in [3.05, 3.63) is 83.4 Å². The van der Waals surface area contributed by atoms with E-state index in [1.807, 2.05) is 37.2 Å². The van der Waals surface area contributed by atoms with Gasteiger partial charge in [0.2, 0.25) is 5.91 Å². The van der Waals surface area contributed by atoms with Crippen LogP contribution in [0.5, 0.6) is 0 Å². The lowest BCUT2D eigenvalue weighted by Gasteiger charge is -2.40. The molecule has 5 rings (SSSR count). The summed E-state index contributed by atoms with van der Waals surface area (Å²) in [4.78, 5) is 29.9. The Morgan fingerprint density at radius 3 is 2.41 bits per heavy atom. The van der Waals surface area contributed by atoms with Gasteiger partial charge in [-0.3, -0.25) is 9.59 Å². The van der Waals surface area contributed by atoms with Gasteiger partial charge >= 0.3 is 0 Å². The molecule has 1 heterocycles. The molecule has 2 amide bonds. The second-order valence-electron chi connectivity index (χ2n) is 10.3. The monoisotopic (exact) mass is 456 g/mol. The summed E-state index contributed by atoms with van der Waals surface area (Å²) < 4.78 is 0. The van der Waals surface area contributed by atoms with Gasteiger partial charge in [-0.2, -0.15) is 0 Å². The highest BCUT2D eigenvalue weighted by Gasteiger charge is 2.48. The van der Waals surface area contributed by atoms with Crippen molar-refractivity contribution in [1.82, 2.24) is 9.80 Å². The van der Waals surface area contributed by atoms with Crippen molar-refractivity contribution < 1.29 is 15.3 Å². The van der Waals surface area contributed by atoms with Gasteiger partial charge in [0.15, 0.2) is 6.04 Å². The number of rotatable bonds is 4. The molecule has 5 heteroatoms. The largest absolute Gasteiger partial charge is 0.348 e. The van der Waals surface area contributed by atoms with E-state index in [4.69, 9.17) is 0 Å². The van der Waals surface area contributed by atoms with Gasteiger partial charge in [0, 0.05) is 39.0 Å². The SMILES string of the molecule is CN(C)C(=O)C1CC2(CCN(C(=O)C([NH3+])Cc3ccc4ccccc4c3)CC2)c2ccccc21. The van der Waals surface area contributed by atoms with Crippen molar-refractivity contribution >= 4 is 22.6 Å². The van der Waals surface area contributed by atoms with Crippen LogP contribution in [0.4, 0.5) is 0 Å². The van der Waals surface area contributed by atoms with Gasteiger partial charge in [-0.1, -0.05) is 66.7 Å². The highest BCUT2D eigenvalue weighted by molar-refractivity contribution is 5.86. The molecule has 2 atom stereocenters. The quantitative estimate of drug-likeness (QED) is 0.655. The predicted octanol–water partition coefficient (Wildman–Crippen LogP) is 3.13. The fourth-order valence-corrected chi connectivity index (χ4v) is 6.05. The summed E-state index contributed by atoms with van der Waals surface area (Å²) in [6, 6.07) is 22.8. The Labute approximate surface area is 201 Å². The van der Waals surface area contributed by atoms with Gasteiger partial charge in [-0.15, -0.1) is 0 Å². The third kappa shape index (κ3) is 3.98. The Hall–Kier alpha value is -3.18. The van der Waals surface area contributed by atoms with Crippen LogP contribution >= 0.6 is 0 Å². The number of amides is 2. The predicted molar refractivity (Wildman–Crippen MR) is 134 cm³/mol. The highest BCUT2D eigenvalue weighted by atomic mass is 16.2. The Morgan fingerprint density at radius 1 is 1.00 bits per heavy atom. The van der Waals surface area contributed by atoms with Crippen LogP contribution < -0.4 is 5.73 Å². The number of quaternary nitrogens is 1. The summed E-state index contributed by atoms with van der Waals surface area (Å²) in [5, 5.41) is 2.41. The van der Waals surface area contributed by atoms with E-state index < -0.39 is 0 Å². The number of hydrogen-bond acceptors (Lipinski definition) is 2. The van der Waals surface area contributed by atoms with E-state index in [9.17, 15) is 9.59 Å². The van der Waals surface area contributed by atoms with Crippen LogP contribution in [0, 0.1) is 0 Å². The molecule has 0 aromatic heterocycles. The Kier molecular flexibility index (Phi) is 5.90.